The fourth-order valence-corrected chi connectivity index (χ4v) is 2.99. The lowest BCUT2D eigenvalue weighted by Crippen LogP contribution is -2.14. The molecule has 0 unspecified atom stereocenters. The fraction of sp³-hybridized carbons (Fsp3) is 0.238. The van der Waals surface area contributed by atoms with Crippen molar-refractivity contribution in [3.05, 3.63) is 59.8 Å². The third kappa shape index (κ3) is 3.79. The number of anilines is 1. The molecule has 1 amide bonds. The van der Waals surface area contributed by atoms with Gasteiger partial charge in [-0.3, -0.25) is 9.89 Å². The second-order valence-corrected chi connectivity index (χ2v) is 6.03. The van der Waals surface area contributed by atoms with Crippen LogP contribution in [0.4, 0.5) is 5.69 Å². The van der Waals surface area contributed by atoms with Crippen molar-refractivity contribution in [2.75, 3.05) is 19.5 Å². The number of hydrogen-bond donors (Lipinski definition) is 2. The van der Waals surface area contributed by atoms with Crippen molar-refractivity contribution in [1.82, 2.24) is 10.2 Å². The summed E-state index contributed by atoms with van der Waals surface area (Å²) in [5.41, 5.74) is 3.47. The summed E-state index contributed by atoms with van der Waals surface area (Å²) in [6.45, 7) is 2.08. The van der Waals surface area contributed by atoms with Crippen LogP contribution < -0.4 is 14.8 Å². The van der Waals surface area contributed by atoms with Gasteiger partial charge >= 0.3 is 0 Å². The molecule has 0 aliphatic rings. The molecule has 0 bridgehead atoms. The van der Waals surface area contributed by atoms with Crippen molar-refractivity contribution >= 4 is 11.6 Å². The molecule has 0 saturated carbocycles. The number of carbonyl (C=O) groups excluding carboxylic acids is 1. The van der Waals surface area contributed by atoms with Crippen LogP contribution in [-0.4, -0.2) is 30.3 Å². The number of methoxy groups -OCH3 is 2. The average Bonchev–Trinajstić information content (AvgIpc) is 3.10. The summed E-state index contributed by atoms with van der Waals surface area (Å²) in [5.74, 6) is 0.969. The van der Waals surface area contributed by atoms with Crippen LogP contribution in [0.15, 0.2) is 48.5 Å². The van der Waals surface area contributed by atoms with E-state index in [-0.39, 0.29) is 5.91 Å². The number of hydrogen-bond acceptors (Lipinski definition) is 4. The smallest absolute Gasteiger partial charge is 0.259 e. The maximum atomic E-state index is 12.9. The molecule has 6 heteroatoms. The number of nitrogens with one attached hydrogen (secondary N) is 2. The Labute approximate surface area is 158 Å². The molecule has 2 aromatic carbocycles. The molecule has 0 atom stereocenters. The normalized spacial score (nSPS) is 10.5. The van der Waals surface area contributed by atoms with Crippen molar-refractivity contribution in [3.8, 4) is 22.8 Å². The summed E-state index contributed by atoms with van der Waals surface area (Å²) in [7, 11) is 3.16. The van der Waals surface area contributed by atoms with Crippen LogP contribution in [0.1, 0.15) is 29.4 Å². The first-order chi connectivity index (χ1) is 13.2. The standard InChI is InChI=1S/C21H23N3O3/c1-4-9-16-20(22-21(25)15-11-6-8-13-18(15)27-3)19(24-23-16)14-10-5-7-12-17(14)26-2/h5-8,10-13H,4,9H2,1-3H3,(H,22,25)(H,23,24). The molecule has 0 aliphatic heterocycles. The maximum absolute atomic E-state index is 12.9. The molecule has 1 aromatic heterocycles. The molecule has 3 aromatic rings. The number of carbonyl (C=O) groups is 1. The van der Waals surface area contributed by atoms with Crippen molar-refractivity contribution in [3.63, 3.8) is 0 Å². The molecule has 2 N–H and O–H groups in total. The number of aromatic nitrogens is 2. The molecular weight excluding hydrogens is 342 g/mol. The summed E-state index contributed by atoms with van der Waals surface area (Å²) in [4.78, 5) is 12.9. The first kappa shape index (κ1) is 18.5. The molecular formula is C21H23N3O3. The van der Waals surface area contributed by atoms with Gasteiger partial charge in [0, 0.05) is 5.56 Å². The Hall–Kier alpha value is -3.28. The zero-order valence-corrected chi connectivity index (χ0v) is 15.7. The second-order valence-electron chi connectivity index (χ2n) is 6.03. The fourth-order valence-electron chi connectivity index (χ4n) is 2.99. The molecule has 0 saturated heterocycles. The largest absolute Gasteiger partial charge is 0.496 e. The topological polar surface area (TPSA) is 76.2 Å². The Morgan fingerprint density at radius 3 is 2.41 bits per heavy atom. The maximum Gasteiger partial charge on any atom is 0.259 e. The van der Waals surface area contributed by atoms with Crippen LogP contribution in [0.25, 0.3) is 11.3 Å². The molecule has 0 fully saturated rings. The summed E-state index contributed by atoms with van der Waals surface area (Å²) >= 11 is 0. The third-order valence-electron chi connectivity index (χ3n) is 4.29. The minimum absolute atomic E-state index is 0.248. The highest BCUT2D eigenvalue weighted by molar-refractivity contribution is 6.08. The van der Waals surface area contributed by atoms with Gasteiger partial charge in [0.05, 0.1) is 31.2 Å². The highest BCUT2D eigenvalue weighted by Gasteiger charge is 2.21. The van der Waals surface area contributed by atoms with Crippen molar-refractivity contribution < 1.29 is 14.3 Å². The van der Waals surface area contributed by atoms with Gasteiger partial charge in [-0.15, -0.1) is 0 Å². The molecule has 6 nitrogen and oxygen atoms in total. The Bertz CT molecular complexity index is 934. The molecule has 3 rings (SSSR count). The highest BCUT2D eigenvalue weighted by atomic mass is 16.5. The van der Waals surface area contributed by atoms with Crippen molar-refractivity contribution in [2.24, 2.45) is 0 Å². The van der Waals surface area contributed by atoms with E-state index >= 15 is 0 Å². The van der Waals surface area contributed by atoms with Gasteiger partial charge in [-0.25, -0.2) is 0 Å². The van der Waals surface area contributed by atoms with Gasteiger partial charge < -0.3 is 14.8 Å². The van der Waals surface area contributed by atoms with E-state index in [9.17, 15) is 4.79 Å². The zero-order chi connectivity index (χ0) is 19.2. The number of ether oxygens (including phenoxy) is 2. The minimum atomic E-state index is -0.248. The second kappa shape index (κ2) is 8.40. The molecule has 0 radical (unpaired) electrons. The Kier molecular flexibility index (Phi) is 5.76. The number of nitrogens with zero attached hydrogens (tertiary/aromatic N) is 1. The average molecular weight is 365 g/mol. The number of H-pyrrole nitrogens is 1. The lowest BCUT2D eigenvalue weighted by Gasteiger charge is -2.12. The summed E-state index contributed by atoms with van der Waals surface area (Å²) in [6, 6.07) is 14.7. The van der Waals surface area contributed by atoms with E-state index in [0.717, 1.165) is 24.1 Å². The summed E-state index contributed by atoms with van der Waals surface area (Å²) < 4.78 is 10.8. The summed E-state index contributed by atoms with van der Waals surface area (Å²) in [5, 5.41) is 10.5. The first-order valence-electron chi connectivity index (χ1n) is 8.84. The van der Waals surface area contributed by atoms with Crippen molar-refractivity contribution in [2.45, 2.75) is 19.8 Å². The van der Waals surface area contributed by atoms with E-state index < -0.39 is 0 Å². The van der Waals surface area contributed by atoms with Crippen LogP contribution in [-0.2, 0) is 6.42 Å². The van der Waals surface area contributed by atoms with Gasteiger partial charge in [-0.05, 0) is 30.7 Å². The van der Waals surface area contributed by atoms with Crippen LogP contribution in [0, 0.1) is 0 Å². The van der Waals surface area contributed by atoms with E-state index in [1.165, 1.54) is 0 Å². The SMILES string of the molecule is CCCc1[nH]nc(-c2ccccc2OC)c1NC(=O)c1ccccc1OC. The quantitative estimate of drug-likeness (QED) is 0.654. The number of para-hydroxylation sites is 2. The molecule has 0 spiro atoms. The lowest BCUT2D eigenvalue weighted by molar-refractivity contribution is 0.102. The molecule has 1 heterocycles. The first-order valence-corrected chi connectivity index (χ1v) is 8.84. The number of rotatable bonds is 7. The molecule has 0 aliphatic carbocycles. The zero-order valence-electron chi connectivity index (χ0n) is 15.7. The van der Waals surface area contributed by atoms with Gasteiger partial charge in [-0.2, -0.15) is 5.10 Å². The van der Waals surface area contributed by atoms with E-state index in [0.29, 0.717) is 28.4 Å². The van der Waals surface area contributed by atoms with E-state index in [2.05, 4.69) is 22.4 Å². The van der Waals surface area contributed by atoms with Gasteiger partial charge in [0.25, 0.3) is 5.91 Å². The molecule has 27 heavy (non-hydrogen) atoms. The van der Waals surface area contributed by atoms with E-state index in [1.54, 1.807) is 32.4 Å². The van der Waals surface area contributed by atoms with E-state index in [4.69, 9.17) is 9.47 Å². The highest BCUT2D eigenvalue weighted by Crippen LogP contribution is 2.36. The number of aromatic amines is 1. The van der Waals surface area contributed by atoms with Crippen LogP contribution in [0.2, 0.25) is 0 Å². The van der Waals surface area contributed by atoms with Crippen LogP contribution >= 0.6 is 0 Å². The number of amides is 1. The van der Waals surface area contributed by atoms with Crippen LogP contribution in [0.3, 0.4) is 0 Å². The molecule has 140 valence electrons. The summed E-state index contributed by atoms with van der Waals surface area (Å²) in [6.07, 6.45) is 1.69. The lowest BCUT2D eigenvalue weighted by atomic mass is 10.1. The van der Waals surface area contributed by atoms with E-state index in [1.807, 2.05) is 30.3 Å². The minimum Gasteiger partial charge on any atom is -0.496 e. The van der Waals surface area contributed by atoms with Crippen LogP contribution in [0.5, 0.6) is 11.5 Å². The van der Waals surface area contributed by atoms with Gasteiger partial charge in [0.15, 0.2) is 0 Å². The van der Waals surface area contributed by atoms with Gasteiger partial charge in [0.1, 0.15) is 17.2 Å². The number of benzene rings is 2. The van der Waals surface area contributed by atoms with Gasteiger partial charge in [-0.1, -0.05) is 37.6 Å². The van der Waals surface area contributed by atoms with Crippen molar-refractivity contribution in [1.29, 1.82) is 0 Å². The predicted octanol–water partition coefficient (Wildman–Crippen LogP) is 4.30. The Balaban J connectivity index is 2.03. The monoisotopic (exact) mass is 365 g/mol. The van der Waals surface area contributed by atoms with Gasteiger partial charge in [0.2, 0.25) is 0 Å². The third-order valence-corrected chi connectivity index (χ3v) is 4.29. The Morgan fingerprint density at radius 2 is 1.70 bits per heavy atom. The predicted molar refractivity (Wildman–Crippen MR) is 106 cm³/mol. The Morgan fingerprint density at radius 1 is 1.04 bits per heavy atom. The number of aryl methyl sites for hydroxylation is 1.